The molecule has 0 saturated carbocycles. The number of anilines is 3. The van der Waals surface area contributed by atoms with Gasteiger partial charge in [0.1, 0.15) is 11.6 Å². The minimum Gasteiger partial charge on any atom is -0.484 e. The topological polar surface area (TPSA) is 87.0 Å². The lowest BCUT2D eigenvalue weighted by Crippen LogP contribution is -2.20. The molecule has 1 heterocycles. The lowest BCUT2D eigenvalue weighted by atomic mass is 10.2. The van der Waals surface area contributed by atoms with Gasteiger partial charge in [0.15, 0.2) is 6.61 Å². The highest BCUT2D eigenvalue weighted by atomic mass is 35.5. The second-order valence-corrected chi connectivity index (χ2v) is 5.97. The van der Waals surface area contributed by atoms with Crippen LogP contribution in [0.5, 0.6) is 5.75 Å². The molecule has 0 aliphatic rings. The Morgan fingerprint density at radius 3 is 2.37 bits per heavy atom. The van der Waals surface area contributed by atoms with Crippen LogP contribution >= 0.6 is 11.6 Å². The zero-order valence-electron chi connectivity index (χ0n) is 14.1. The summed E-state index contributed by atoms with van der Waals surface area (Å²) in [6, 6.07) is 19.4. The lowest BCUT2D eigenvalue weighted by Gasteiger charge is -2.09. The first-order valence-electron chi connectivity index (χ1n) is 8.04. The van der Waals surface area contributed by atoms with Crippen LogP contribution in [-0.2, 0) is 4.79 Å². The van der Waals surface area contributed by atoms with E-state index in [1.54, 1.807) is 66.9 Å². The first-order valence-corrected chi connectivity index (χ1v) is 8.41. The van der Waals surface area contributed by atoms with Crippen molar-refractivity contribution in [1.29, 1.82) is 5.26 Å². The Balaban J connectivity index is 1.51. The third-order valence-corrected chi connectivity index (χ3v) is 3.77. The van der Waals surface area contributed by atoms with Crippen LogP contribution < -0.4 is 15.4 Å². The Bertz CT molecular complexity index is 949. The van der Waals surface area contributed by atoms with E-state index in [4.69, 9.17) is 21.6 Å². The fraction of sp³-hybridized carbons (Fsp3) is 0.0500. The Hall–Kier alpha value is -3.56. The summed E-state index contributed by atoms with van der Waals surface area (Å²) < 4.78 is 5.39. The molecule has 7 heteroatoms. The predicted molar refractivity (Wildman–Crippen MR) is 104 cm³/mol. The Morgan fingerprint density at radius 2 is 1.74 bits per heavy atom. The van der Waals surface area contributed by atoms with E-state index in [1.165, 1.54) is 0 Å². The smallest absolute Gasteiger partial charge is 0.262 e. The Morgan fingerprint density at radius 1 is 1.04 bits per heavy atom. The van der Waals surface area contributed by atoms with E-state index in [0.29, 0.717) is 27.8 Å². The molecule has 134 valence electrons. The van der Waals surface area contributed by atoms with Gasteiger partial charge in [-0.05, 0) is 60.7 Å². The molecule has 0 fully saturated rings. The average Bonchev–Trinajstić information content (AvgIpc) is 2.70. The van der Waals surface area contributed by atoms with Crippen LogP contribution in [0.3, 0.4) is 0 Å². The van der Waals surface area contributed by atoms with Crippen LogP contribution in [0.4, 0.5) is 17.2 Å². The molecule has 3 aromatic rings. The molecule has 2 aromatic carbocycles. The molecule has 0 aliphatic carbocycles. The van der Waals surface area contributed by atoms with Crippen molar-refractivity contribution in [1.82, 2.24) is 4.98 Å². The van der Waals surface area contributed by atoms with Crippen LogP contribution in [0.15, 0.2) is 66.9 Å². The Labute approximate surface area is 161 Å². The summed E-state index contributed by atoms with van der Waals surface area (Å²) >= 11 is 5.80. The summed E-state index contributed by atoms with van der Waals surface area (Å²) in [6.45, 7) is -0.118. The number of carbonyl (C=O) groups is 1. The van der Waals surface area contributed by atoms with Gasteiger partial charge in [0.05, 0.1) is 23.5 Å². The molecule has 1 aromatic heterocycles. The van der Waals surface area contributed by atoms with Gasteiger partial charge in [-0.2, -0.15) is 5.26 Å². The maximum Gasteiger partial charge on any atom is 0.262 e. The molecule has 0 spiro atoms. The van der Waals surface area contributed by atoms with Gasteiger partial charge in [-0.15, -0.1) is 0 Å². The van der Waals surface area contributed by atoms with Gasteiger partial charge in [-0.3, -0.25) is 4.79 Å². The summed E-state index contributed by atoms with van der Waals surface area (Å²) in [5, 5.41) is 15.2. The molecule has 0 bridgehead atoms. The number of benzene rings is 2. The minimum atomic E-state index is -0.292. The van der Waals surface area contributed by atoms with Gasteiger partial charge >= 0.3 is 0 Å². The van der Waals surface area contributed by atoms with Gasteiger partial charge in [-0.25, -0.2) is 4.98 Å². The largest absolute Gasteiger partial charge is 0.484 e. The van der Waals surface area contributed by atoms with Gasteiger partial charge in [0, 0.05) is 10.7 Å². The number of nitriles is 1. The summed E-state index contributed by atoms with van der Waals surface area (Å²) in [5.74, 6) is 0.893. The number of aromatic nitrogens is 1. The van der Waals surface area contributed by atoms with Gasteiger partial charge in [0.25, 0.3) is 5.91 Å². The standard InChI is InChI=1S/C20H15ClN4O2/c21-15-3-8-18(9-4-15)27-13-20(26)25-17-7-10-19(23-12-17)24-16-5-1-14(11-22)2-6-16/h1-10,12H,13H2,(H,23,24)(H,25,26). The lowest BCUT2D eigenvalue weighted by molar-refractivity contribution is -0.118. The maximum absolute atomic E-state index is 12.0. The number of carbonyl (C=O) groups excluding carboxylic acids is 1. The van der Waals surface area contributed by atoms with Gasteiger partial charge in [0.2, 0.25) is 0 Å². The van der Waals surface area contributed by atoms with Crippen molar-refractivity contribution in [2.75, 3.05) is 17.2 Å². The molecule has 0 unspecified atom stereocenters. The molecule has 0 radical (unpaired) electrons. The number of hydrogen-bond acceptors (Lipinski definition) is 5. The third kappa shape index (κ3) is 5.46. The molecule has 0 saturated heterocycles. The van der Waals surface area contributed by atoms with Gasteiger partial charge in [-0.1, -0.05) is 11.6 Å². The number of hydrogen-bond donors (Lipinski definition) is 2. The molecule has 2 N–H and O–H groups in total. The first kappa shape index (κ1) is 18.2. The summed E-state index contributed by atoms with van der Waals surface area (Å²) in [6.07, 6.45) is 1.55. The van der Waals surface area contributed by atoms with Crippen LogP contribution in [0, 0.1) is 11.3 Å². The van der Waals surface area contributed by atoms with Crippen LogP contribution in [0.2, 0.25) is 5.02 Å². The van der Waals surface area contributed by atoms with Crippen molar-refractivity contribution < 1.29 is 9.53 Å². The van der Waals surface area contributed by atoms with Gasteiger partial charge < -0.3 is 15.4 Å². The second-order valence-electron chi connectivity index (χ2n) is 5.54. The molecule has 27 heavy (non-hydrogen) atoms. The zero-order chi connectivity index (χ0) is 19.1. The van der Waals surface area contributed by atoms with Crippen LogP contribution in [0.25, 0.3) is 0 Å². The summed E-state index contributed by atoms with van der Waals surface area (Å²) in [7, 11) is 0. The SMILES string of the molecule is N#Cc1ccc(Nc2ccc(NC(=O)COc3ccc(Cl)cc3)cn2)cc1. The molecular formula is C20H15ClN4O2. The highest BCUT2D eigenvalue weighted by molar-refractivity contribution is 6.30. The van der Waals surface area contributed by atoms with Crippen molar-refractivity contribution in [3.05, 3.63) is 77.4 Å². The van der Waals surface area contributed by atoms with E-state index in [2.05, 4.69) is 21.7 Å². The zero-order valence-corrected chi connectivity index (χ0v) is 14.9. The number of nitrogens with one attached hydrogen (secondary N) is 2. The molecule has 1 amide bonds. The molecule has 3 rings (SSSR count). The van der Waals surface area contributed by atoms with Crippen molar-refractivity contribution in [3.63, 3.8) is 0 Å². The number of halogens is 1. The van der Waals surface area contributed by atoms with Crippen molar-refractivity contribution in [2.24, 2.45) is 0 Å². The van der Waals surface area contributed by atoms with Crippen LogP contribution in [-0.4, -0.2) is 17.5 Å². The second kappa shape index (κ2) is 8.70. The average molecular weight is 379 g/mol. The molecule has 0 atom stereocenters. The van der Waals surface area contributed by atoms with E-state index in [9.17, 15) is 4.79 Å². The quantitative estimate of drug-likeness (QED) is 0.665. The predicted octanol–water partition coefficient (Wildman–Crippen LogP) is 4.37. The Kier molecular flexibility index (Phi) is 5.87. The number of nitrogens with zero attached hydrogens (tertiary/aromatic N) is 2. The van der Waals surface area contributed by atoms with E-state index in [1.807, 2.05) is 0 Å². The highest BCUT2D eigenvalue weighted by Gasteiger charge is 2.05. The number of amides is 1. The number of rotatable bonds is 6. The number of pyridine rings is 1. The molecular weight excluding hydrogens is 364 g/mol. The number of ether oxygens (including phenoxy) is 1. The minimum absolute atomic E-state index is 0.118. The van der Waals surface area contributed by atoms with E-state index in [-0.39, 0.29) is 12.5 Å². The van der Waals surface area contributed by atoms with Crippen molar-refractivity contribution >= 4 is 34.7 Å². The fourth-order valence-corrected chi connectivity index (χ4v) is 2.32. The van der Waals surface area contributed by atoms with Crippen molar-refractivity contribution in [3.8, 4) is 11.8 Å². The van der Waals surface area contributed by atoms with Crippen LogP contribution in [0.1, 0.15) is 5.56 Å². The van der Waals surface area contributed by atoms with E-state index in [0.717, 1.165) is 5.69 Å². The molecule has 0 aliphatic heterocycles. The monoisotopic (exact) mass is 378 g/mol. The van der Waals surface area contributed by atoms with E-state index < -0.39 is 0 Å². The summed E-state index contributed by atoms with van der Waals surface area (Å²) in [5.41, 5.74) is 1.96. The molecule has 6 nitrogen and oxygen atoms in total. The highest BCUT2D eigenvalue weighted by Crippen LogP contribution is 2.17. The third-order valence-electron chi connectivity index (χ3n) is 3.52. The van der Waals surface area contributed by atoms with Crippen molar-refractivity contribution in [2.45, 2.75) is 0 Å². The summed E-state index contributed by atoms with van der Waals surface area (Å²) in [4.78, 5) is 16.2. The fourth-order valence-electron chi connectivity index (χ4n) is 2.19. The van der Waals surface area contributed by atoms with E-state index >= 15 is 0 Å². The maximum atomic E-state index is 12.0. The normalized spacial score (nSPS) is 9.93. The first-order chi connectivity index (χ1) is 13.1.